The molecule has 0 bridgehead atoms. The first-order chi connectivity index (χ1) is 7.56. The summed E-state index contributed by atoms with van der Waals surface area (Å²) < 4.78 is 0. The highest BCUT2D eigenvalue weighted by atomic mass is 15.2. The van der Waals surface area contributed by atoms with Crippen molar-refractivity contribution in [1.82, 2.24) is 9.97 Å². The van der Waals surface area contributed by atoms with Crippen molar-refractivity contribution >= 4 is 17.6 Å². The Hall–Kier alpha value is -1.52. The van der Waals surface area contributed by atoms with Gasteiger partial charge < -0.3 is 16.4 Å². The van der Waals surface area contributed by atoms with Crippen molar-refractivity contribution in [3.8, 4) is 0 Å². The van der Waals surface area contributed by atoms with E-state index >= 15 is 0 Å². The summed E-state index contributed by atoms with van der Waals surface area (Å²) in [6, 6.07) is 1.79. The quantitative estimate of drug-likeness (QED) is 0.742. The maximum atomic E-state index is 5.67. The molecule has 1 aromatic heterocycles. The molecule has 0 saturated carbocycles. The molecule has 1 aromatic rings. The molecule has 1 aliphatic rings. The maximum Gasteiger partial charge on any atom is 0.223 e. The fraction of sp³-hybridized carbons (Fsp3) is 0.636. The minimum atomic E-state index is 0.251. The van der Waals surface area contributed by atoms with Crippen molar-refractivity contribution in [3.05, 3.63) is 6.07 Å². The van der Waals surface area contributed by atoms with Gasteiger partial charge in [0, 0.05) is 19.2 Å². The van der Waals surface area contributed by atoms with Crippen molar-refractivity contribution in [2.45, 2.75) is 20.3 Å². The van der Waals surface area contributed by atoms with E-state index in [0.29, 0.717) is 11.7 Å². The summed E-state index contributed by atoms with van der Waals surface area (Å²) in [7, 11) is 0. The number of piperidine rings is 1. The Labute approximate surface area is 95.9 Å². The van der Waals surface area contributed by atoms with Crippen molar-refractivity contribution < 1.29 is 0 Å². The highest BCUT2D eigenvalue weighted by Crippen LogP contribution is 2.26. The fourth-order valence-electron chi connectivity index (χ4n) is 2.10. The number of hydrogen-bond acceptors (Lipinski definition) is 5. The van der Waals surface area contributed by atoms with Crippen LogP contribution in [0, 0.1) is 11.8 Å². The number of aromatic nitrogens is 2. The highest BCUT2D eigenvalue weighted by Gasteiger charge is 2.23. The predicted molar refractivity (Wildman–Crippen MR) is 66.0 cm³/mol. The zero-order chi connectivity index (χ0) is 11.7. The fourth-order valence-corrected chi connectivity index (χ4v) is 2.10. The van der Waals surface area contributed by atoms with E-state index in [-0.39, 0.29) is 5.95 Å². The van der Waals surface area contributed by atoms with Crippen LogP contribution >= 0.6 is 0 Å². The Balaban J connectivity index is 2.18. The molecule has 1 fully saturated rings. The molecule has 0 aliphatic carbocycles. The average Bonchev–Trinajstić information content (AvgIpc) is 2.20. The van der Waals surface area contributed by atoms with Crippen LogP contribution in [0.1, 0.15) is 20.3 Å². The molecule has 1 aliphatic heterocycles. The zero-order valence-electron chi connectivity index (χ0n) is 9.85. The number of anilines is 3. The van der Waals surface area contributed by atoms with Crippen LogP contribution < -0.4 is 16.4 Å². The van der Waals surface area contributed by atoms with Crippen LogP contribution in [-0.2, 0) is 0 Å². The van der Waals surface area contributed by atoms with Crippen molar-refractivity contribution in [2.75, 3.05) is 29.5 Å². The maximum absolute atomic E-state index is 5.67. The molecule has 2 atom stereocenters. The van der Waals surface area contributed by atoms with Crippen LogP contribution in [0.3, 0.4) is 0 Å². The molecule has 0 radical (unpaired) electrons. The van der Waals surface area contributed by atoms with Crippen molar-refractivity contribution in [2.24, 2.45) is 11.8 Å². The normalized spacial score (nSPS) is 25.8. The first-order valence-corrected chi connectivity index (χ1v) is 5.71. The highest BCUT2D eigenvalue weighted by molar-refractivity contribution is 5.50. The monoisotopic (exact) mass is 221 g/mol. The lowest BCUT2D eigenvalue weighted by Gasteiger charge is -2.36. The molecule has 88 valence electrons. The van der Waals surface area contributed by atoms with E-state index in [1.807, 2.05) is 0 Å². The molecule has 4 N–H and O–H groups in total. The molecule has 2 unspecified atom stereocenters. The number of nitrogens with two attached hydrogens (primary N) is 2. The Morgan fingerprint density at radius 3 is 2.62 bits per heavy atom. The van der Waals surface area contributed by atoms with Gasteiger partial charge in [-0.05, 0) is 18.3 Å². The van der Waals surface area contributed by atoms with E-state index < -0.39 is 0 Å². The second-order valence-electron chi connectivity index (χ2n) is 4.70. The molecule has 5 nitrogen and oxygen atoms in total. The summed E-state index contributed by atoms with van der Waals surface area (Å²) in [6.07, 6.45) is 1.19. The smallest absolute Gasteiger partial charge is 0.223 e. The largest absolute Gasteiger partial charge is 0.383 e. The lowest BCUT2D eigenvalue weighted by atomic mass is 9.89. The van der Waals surface area contributed by atoms with Crippen LogP contribution in [0.5, 0.6) is 0 Å². The molecule has 0 aromatic carbocycles. The number of nitrogen functional groups attached to an aromatic ring is 2. The summed E-state index contributed by atoms with van der Waals surface area (Å²) in [5.41, 5.74) is 11.3. The van der Waals surface area contributed by atoms with E-state index in [1.165, 1.54) is 6.42 Å². The average molecular weight is 221 g/mol. The summed E-state index contributed by atoms with van der Waals surface area (Å²) in [5.74, 6) is 2.98. The Morgan fingerprint density at radius 2 is 2.00 bits per heavy atom. The molecule has 2 rings (SSSR count). The molecule has 0 amide bonds. The second-order valence-corrected chi connectivity index (χ2v) is 4.70. The van der Waals surface area contributed by atoms with E-state index in [1.54, 1.807) is 6.07 Å². The van der Waals surface area contributed by atoms with Crippen LogP contribution in [0.2, 0.25) is 0 Å². The van der Waals surface area contributed by atoms with Gasteiger partial charge in [-0.1, -0.05) is 13.8 Å². The SMILES string of the molecule is CC1CCN(c2cc(N)nc(N)n2)CC1C. The van der Waals surface area contributed by atoms with E-state index in [0.717, 1.165) is 24.8 Å². The van der Waals surface area contributed by atoms with Crippen LogP contribution in [0.25, 0.3) is 0 Å². The molecule has 1 saturated heterocycles. The van der Waals surface area contributed by atoms with E-state index in [2.05, 4.69) is 28.7 Å². The van der Waals surface area contributed by atoms with Crippen molar-refractivity contribution in [3.63, 3.8) is 0 Å². The minimum Gasteiger partial charge on any atom is -0.383 e. The lowest BCUT2D eigenvalue weighted by Crippen LogP contribution is -2.39. The van der Waals surface area contributed by atoms with Gasteiger partial charge in [-0.2, -0.15) is 9.97 Å². The number of rotatable bonds is 1. The van der Waals surface area contributed by atoms with Gasteiger partial charge in [0.25, 0.3) is 0 Å². The summed E-state index contributed by atoms with van der Waals surface area (Å²) in [5, 5.41) is 0. The minimum absolute atomic E-state index is 0.251. The van der Waals surface area contributed by atoms with Gasteiger partial charge in [0.05, 0.1) is 0 Å². The number of nitrogens with zero attached hydrogens (tertiary/aromatic N) is 3. The molecule has 0 spiro atoms. The zero-order valence-corrected chi connectivity index (χ0v) is 9.85. The Bertz CT molecular complexity index is 358. The molecule has 16 heavy (non-hydrogen) atoms. The molecule has 5 heteroatoms. The van der Waals surface area contributed by atoms with Crippen molar-refractivity contribution in [1.29, 1.82) is 0 Å². The van der Waals surface area contributed by atoms with E-state index in [9.17, 15) is 0 Å². The topological polar surface area (TPSA) is 81.1 Å². The third-order valence-corrected chi connectivity index (χ3v) is 3.41. The molecule has 2 heterocycles. The lowest BCUT2D eigenvalue weighted by molar-refractivity contribution is 0.323. The van der Waals surface area contributed by atoms with Gasteiger partial charge >= 0.3 is 0 Å². The van der Waals surface area contributed by atoms with Crippen LogP contribution in [0.15, 0.2) is 6.07 Å². The predicted octanol–water partition coefficient (Wildman–Crippen LogP) is 1.12. The van der Waals surface area contributed by atoms with Gasteiger partial charge in [0.2, 0.25) is 5.95 Å². The summed E-state index contributed by atoms with van der Waals surface area (Å²) in [6.45, 7) is 6.59. The first kappa shape index (κ1) is 11.0. The summed E-state index contributed by atoms with van der Waals surface area (Å²) >= 11 is 0. The number of hydrogen-bond donors (Lipinski definition) is 2. The van der Waals surface area contributed by atoms with Crippen LogP contribution in [0.4, 0.5) is 17.6 Å². The van der Waals surface area contributed by atoms with Gasteiger partial charge in [-0.25, -0.2) is 0 Å². The molecular formula is C11H19N5. The third-order valence-electron chi connectivity index (χ3n) is 3.41. The first-order valence-electron chi connectivity index (χ1n) is 5.71. The van der Waals surface area contributed by atoms with Crippen LogP contribution in [-0.4, -0.2) is 23.1 Å². The Morgan fingerprint density at radius 1 is 1.25 bits per heavy atom. The van der Waals surface area contributed by atoms with E-state index in [4.69, 9.17) is 11.5 Å². The summed E-state index contributed by atoms with van der Waals surface area (Å²) in [4.78, 5) is 10.3. The second kappa shape index (κ2) is 4.15. The standard InChI is InChI=1S/C11H19N5/c1-7-3-4-16(6-8(7)2)10-5-9(12)14-11(13)15-10/h5,7-8H,3-4,6H2,1-2H3,(H4,12,13,14,15). The van der Waals surface area contributed by atoms with Gasteiger partial charge in [-0.3, -0.25) is 0 Å². The molecular weight excluding hydrogens is 202 g/mol. The third kappa shape index (κ3) is 2.18. The van der Waals surface area contributed by atoms with Gasteiger partial charge in [-0.15, -0.1) is 0 Å². The van der Waals surface area contributed by atoms with Gasteiger partial charge in [0.15, 0.2) is 0 Å². The van der Waals surface area contributed by atoms with Gasteiger partial charge in [0.1, 0.15) is 11.6 Å². The Kier molecular flexibility index (Phi) is 2.85.